The van der Waals surface area contributed by atoms with E-state index in [0.29, 0.717) is 29.5 Å². The predicted molar refractivity (Wildman–Crippen MR) is 113 cm³/mol. The van der Waals surface area contributed by atoms with Gasteiger partial charge < -0.3 is 15.6 Å². The molecule has 2 amide bonds. The molecule has 5 rings (SSSR count). The number of hydrogen-bond acceptors (Lipinski definition) is 2. The van der Waals surface area contributed by atoms with Crippen LogP contribution in [0.3, 0.4) is 0 Å². The Morgan fingerprint density at radius 1 is 1.00 bits per heavy atom. The summed E-state index contributed by atoms with van der Waals surface area (Å²) in [6.07, 6.45) is 2.95. The molecule has 0 spiro atoms. The van der Waals surface area contributed by atoms with Crippen LogP contribution in [0.4, 0.5) is 13.2 Å². The first-order valence-corrected chi connectivity index (χ1v) is 10.7. The number of carbonyl (C=O) groups excluding carboxylic acids is 2. The lowest BCUT2D eigenvalue weighted by Gasteiger charge is -2.35. The molecule has 0 atom stereocenters. The van der Waals surface area contributed by atoms with Crippen molar-refractivity contribution in [3.05, 3.63) is 59.4 Å². The Morgan fingerprint density at radius 3 is 2.41 bits per heavy atom. The molecule has 2 fully saturated rings. The van der Waals surface area contributed by atoms with Gasteiger partial charge in [0.05, 0.1) is 17.8 Å². The summed E-state index contributed by atoms with van der Waals surface area (Å²) >= 11 is 0. The van der Waals surface area contributed by atoms with Crippen molar-refractivity contribution in [3.8, 4) is 11.3 Å². The average Bonchev–Trinajstić information content (AvgIpc) is 3.45. The molecule has 2 aliphatic carbocycles. The number of fused-ring (bicyclic) bond motifs is 1. The van der Waals surface area contributed by atoms with Crippen LogP contribution in [0, 0.1) is 23.4 Å². The van der Waals surface area contributed by atoms with Crippen LogP contribution in [0.25, 0.3) is 22.2 Å². The Kier molecular flexibility index (Phi) is 5.15. The van der Waals surface area contributed by atoms with Crippen molar-refractivity contribution in [2.45, 2.75) is 37.6 Å². The van der Waals surface area contributed by atoms with Crippen LogP contribution < -0.4 is 10.6 Å². The third kappa shape index (κ3) is 3.97. The first-order chi connectivity index (χ1) is 15.4. The van der Waals surface area contributed by atoms with Crippen LogP contribution in [-0.2, 0) is 9.59 Å². The summed E-state index contributed by atoms with van der Waals surface area (Å²) in [6, 6.07) is 8.13. The highest BCUT2D eigenvalue weighted by Crippen LogP contribution is 2.48. The molecule has 1 aromatic heterocycles. The van der Waals surface area contributed by atoms with E-state index in [-0.39, 0.29) is 41.8 Å². The van der Waals surface area contributed by atoms with Gasteiger partial charge in [-0.15, -0.1) is 0 Å². The molecular formula is C24H22F3N3O2. The number of aromatic nitrogens is 1. The van der Waals surface area contributed by atoms with Crippen molar-refractivity contribution in [1.29, 1.82) is 0 Å². The SMILES string of the molecule is O=C(CNC(=O)C1CC(c2c(-c3ccc(F)cc3)[nH]c3c(F)cc(F)cc23)C1)NC1CC1. The van der Waals surface area contributed by atoms with Crippen molar-refractivity contribution >= 4 is 22.7 Å². The van der Waals surface area contributed by atoms with Crippen molar-refractivity contribution in [2.24, 2.45) is 5.92 Å². The topological polar surface area (TPSA) is 74.0 Å². The van der Waals surface area contributed by atoms with Crippen LogP contribution >= 0.6 is 0 Å². The number of aromatic amines is 1. The normalized spacial score (nSPS) is 20.1. The van der Waals surface area contributed by atoms with Gasteiger partial charge in [0.15, 0.2) is 0 Å². The highest BCUT2D eigenvalue weighted by atomic mass is 19.1. The van der Waals surface area contributed by atoms with Crippen LogP contribution in [0.2, 0.25) is 0 Å². The largest absolute Gasteiger partial charge is 0.352 e. The van der Waals surface area contributed by atoms with Gasteiger partial charge >= 0.3 is 0 Å². The van der Waals surface area contributed by atoms with Crippen molar-refractivity contribution < 1.29 is 22.8 Å². The second-order valence-corrected chi connectivity index (χ2v) is 8.66. The van der Waals surface area contributed by atoms with Gasteiger partial charge in [-0.25, -0.2) is 13.2 Å². The molecule has 2 aromatic carbocycles. The maximum absolute atomic E-state index is 14.4. The van der Waals surface area contributed by atoms with E-state index in [0.717, 1.165) is 24.5 Å². The molecule has 2 aliphatic rings. The van der Waals surface area contributed by atoms with Crippen molar-refractivity contribution in [1.82, 2.24) is 15.6 Å². The molecule has 0 unspecified atom stereocenters. The number of H-pyrrole nitrogens is 1. The van der Waals surface area contributed by atoms with Crippen LogP contribution in [0.1, 0.15) is 37.2 Å². The van der Waals surface area contributed by atoms with E-state index in [9.17, 15) is 22.8 Å². The Labute approximate surface area is 182 Å². The van der Waals surface area contributed by atoms with E-state index >= 15 is 0 Å². The maximum atomic E-state index is 14.4. The zero-order valence-corrected chi connectivity index (χ0v) is 17.2. The quantitative estimate of drug-likeness (QED) is 0.538. The van der Waals surface area contributed by atoms with Gasteiger partial charge in [-0.2, -0.15) is 0 Å². The summed E-state index contributed by atoms with van der Waals surface area (Å²) in [5.74, 6) is -2.55. The van der Waals surface area contributed by atoms with Crippen LogP contribution in [-0.4, -0.2) is 29.4 Å². The minimum atomic E-state index is -0.704. The highest BCUT2D eigenvalue weighted by molar-refractivity contribution is 5.93. The summed E-state index contributed by atoms with van der Waals surface area (Å²) in [5.41, 5.74) is 2.16. The summed E-state index contributed by atoms with van der Waals surface area (Å²) < 4.78 is 41.9. The third-order valence-electron chi connectivity index (χ3n) is 6.28. The molecule has 3 N–H and O–H groups in total. The number of carbonyl (C=O) groups is 2. The molecule has 0 saturated heterocycles. The average molecular weight is 441 g/mol. The van der Waals surface area contributed by atoms with Gasteiger partial charge in [0.25, 0.3) is 0 Å². The zero-order chi connectivity index (χ0) is 22.4. The number of rotatable bonds is 6. The minimum absolute atomic E-state index is 0.0547. The molecule has 2 saturated carbocycles. The van der Waals surface area contributed by atoms with Gasteiger partial charge in [0.1, 0.15) is 17.5 Å². The summed E-state index contributed by atoms with van der Waals surface area (Å²) in [4.78, 5) is 27.3. The Hall–Kier alpha value is -3.29. The maximum Gasteiger partial charge on any atom is 0.239 e. The van der Waals surface area contributed by atoms with Crippen molar-refractivity contribution in [3.63, 3.8) is 0 Å². The Balaban J connectivity index is 1.36. The van der Waals surface area contributed by atoms with Crippen molar-refractivity contribution in [2.75, 3.05) is 6.54 Å². The van der Waals surface area contributed by atoms with E-state index in [2.05, 4.69) is 15.6 Å². The van der Waals surface area contributed by atoms with Gasteiger partial charge in [-0.05, 0) is 73.1 Å². The van der Waals surface area contributed by atoms with Crippen LogP contribution in [0.5, 0.6) is 0 Å². The fourth-order valence-corrected chi connectivity index (χ4v) is 4.39. The lowest BCUT2D eigenvalue weighted by Crippen LogP contribution is -2.43. The lowest BCUT2D eigenvalue weighted by atomic mass is 9.70. The standard InChI is InChI=1S/C24H22F3N3O2/c25-15-3-1-12(2-4-15)22-21(18-9-16(26)10-19(27)23(18)30-22)13-7-14(8-13)24(32)28-11-20(31)29-17-5-6-17/h1-4,9-10,13-14,17,30H,5-8,11H2,(H,28,32)(H,29,31). The second kappa shape index (κ2) is 8.00. The smallest absolute Gasteiger partial charge is 0.239 e. The van der Waals surface area contributed by atoms with Gasteiger partial charge in [0.2, 0.25) is 11.8 Å². The molecule has 166 valence electrons. The number of benzene rings is 2. The van der Waals surface area contributed by atoms with E-state index in [1.807, 2.05) is 0 Å². The van der Waals surface area contributed by atoms with E-state index in [4.69, 9.17) is 0 Å². The second-order valence-electron chi connectivity index (χ2n) is 8.66. The highest BCUT2D eigenvalue weighted by Gasteiger charge is 2.38. The first kappa shape index (κ1) is 20.6. The molecule has 0 aliphatic heterocycles. The van der Waals surface area contributed by atoms with Gasteiger partial charge in [-0.3, -0.25) is 9.59 Å². The summed E-state index contributed by atoms with van der Waals surface area (Å²) in [5, 5.41) is 5.92. The molecule has 0 radical (unpaired) electrons. The van der Waals surface area contributed by atoms with E-state index in [1.54, 1.807) is 12.1 Å². The van der Waals surface area contributed by atoms with E-state index in [1.165, 1.54) is 18.2 Å². The van der Waals surface area contributed by atoms with Crippen LogP contribution in [0.15, 0.2) is 36.4 Å². The zero-order valence-electron chi connectivity index (χ0n) is 17.2. The fraction of sp³-hybridized carbons (Fsp3) is 0.333. The molecule has 5 nitrogen and oxygen atoms in total. The molecule has 8 heteroatoms. The molecule has 0 bridgehead atoms. The van der Waals surface area contributed by atoms with E-state index < -0.39 is 17.5 Å². The molecule has 3 aromatic rings. The number of halogens is 3. The van der Waals surface area contributed by atoms with Gasteiger partial charge in [0, 0.05) is 23.4 Å². The fourth-order valence-electron chi connectivity index (χ4n) is 4.39. The Bertz CT molecular complexity index is 1200. The summed E-state index contributed by atoms with van der Waals surface area (Å²) in [6.45, 7) is -0.0547. The first-order valence-electron chi connectivity index (χ1n) is 10.7. The van der Waals surface area contributed by atoms with Gasteiger partial charge in [-0.1, -0.05) is 0 Å². The minimum Gasteiger partial charge on any atom is -0.352 e. The number of nitrogens with one attached hydrogen (secondary N) is 3. The summed E-state index contributed by atoms with van der Waals surface area (Å²) in [7, 11) is 0. The third-order valence-corrected chi connectivity index (χ3v) is 6.28. The lowest BCUT2D eigenvalue weighted by molar-refractivity contribution is -0.130. The molecule has 1 heterocycles. The predicted octanol–water partition coefficient (Wildman–Crippen LogP) is 4.14. The number of hydrogen-bond donors (Lipinski definition) is 3. The molecular weight excluding hydrogens is 419 g/mol. The molecule has 32 heavy (non-hydrogen) atoms. The number of amides is 2. The Morgan fingerprint density at radius 2 is 1.72 bits per heavy atom. The monoisotopic (exact) mass is 441 g/mol.